The van der Waals surface area contributed by atoms with Crippen LogP contribution in [0.15, 0.2) is 35.0 Å². The molecule has 184 valence electrons. The monoisotopic (exact) mass is 500 g/mol. The molecule has 0 saturated carbocycles. The van der Waals surface area contributed by atoms with E-state index in [-0.39, 0.29) is 23.4 Å². The third kappa shape index (κ3) is 6.46. The van der Waals surface area contributed by atoms with E-state index in [1.54, 1.807) is 13.0 Å². The van der Waals surface area contributed by atoms with Gasteiger partial charge in [0.15, 0.2) is 6.61 Å². The molecule has 1 heterocycles. The highest BCUT2D eigenvalue weighted by Gasteiger charge is 2.29. The smallest absolute Gasteiger partial charge is 0.422 e. The van der Waals surface area contributed by atoms with Gasteiger partial charge in [0.2, 0.25) is 0 Å². The van der Waals surface area contributed by atoms with E-state index in [0.29, 0.717) is 27.9 Å². The number of hydrogen-bond donors (Lipinski definition) is 1. The van der Waals surface area contributed by atoms with E-state index in [9.17, 15) is 21.8 Å². The van der Waals surface area contributed by atoms with E-state index in [2.05, 4.69) is 19.6 Å². The quantitative estimate of drug-likeness (QED) is 0.406. The van der Waals surface area contributed by atoms with Gasteiger partial charge in [-0.25, -0.2) is 18.6 Å². The lowest BCUT2D eigenvalue weighted by atomic mass is 10.1. The lowest BCUT2D eigenvalue weighted by Crippen LogP contribution is -2.19. The Morgan fingerprint density at radius 3 is 2.50 bits per heavy atom. The van der Waals surface area contributed by atoms with Gasteiger partial charge >= 0.3 is 6.18 Å². The Balaban J connectivity index is 2.16. The SMILES string of the molecule is Cc1c(OC(C)C)c(N=S(C)(C)=O)cc2ncnc(Nc3ccc(F)cc3OCC(F)(F)F)c12. The fraction of sp³-hybridized carbons (Fsp3) is 0.364. The molecule has 0 aliphatic heterocycles. The predicted molar refractivity (Wildman–Crippen MR) is 123 cm³/mol. The molecule has 3 rings (SSSR count). The second-order valence-corrected chi connectivity index (χ2v) is 10.6. The number of fused-ring (bicyclic) bond motifs is 1. The lowest BCUT2D eigenvalue weighted by molar-refractivity contribution is -0.153. The molecule has 0 fully saturated rings. The summed E-state index contributed by atoms with van der Waals surface area (Å²) in [4.78, 5) is 8.48. The number of rotatable bonds is 7. The molecule has 34 heavy (non-hydrogen) atoms. The standard InChI is InChI=1S/C22H24F4N4O3S/c1-12(2)33-20-13(3)19-16(9-17(20)30-34(4,5)31)27-11-28-21(19)29-15-7-6-14(23)8-18(15)32-10-22(24,25)26/h6-9,11-12H,10H2,1-5H3,(H,27,28,29). The first-order chi connectivity index (χ1) is 15.7. The summed E-state index contributed by atoms with van der Waals surface area (Å²) >= 11 is 0. The molecule has 2 aromatic carbocycles. The predicted octanol–water partition coefficient (Wildman–Crippen LogP) is 5.91. The van der Waals surface area contributed by atoms with Crippen LogP contribution >= 0.6 is 0 Å². The van der Waals surface area contributed by atoms with Crippen LogP contribution in [0.25, 0.3) is 10.9 Å². The van der Waals surface area contributed by atoms with Crippen LogP contribution in [0, 0.1) is 12.7 Å². The minimum Gasteiger partial charge on any atom is -0.488 e. The summed E-state index contributed by atoms with van der Waals surface area (Å²) in [5.74, 6) is -0.471. The topological polar surface area (TPSA) is 85.7 Å². The van der Waals surface area contributed by atoms with Crippen molar-refractivity contribution in [3.8, 4) is 11.5 Å². The van der Waals surface area contributed by atoms with Gasteiger partial charge in [-0.15, -0.1) is 0 Å². The van der Waals surface area contributed by atoms with Crippen LogP contribution < -0.4 is 14.8 Å². The van der Waals surface area contributed by atoms with Gasteiger partial charge in [-0.05, 0) is 39.0 Å². The summed E-state index contributed by atoms with van der Waals surface area (Å²) in [6, 6.07) is 4.80. The number of alkyl halides is 3. The fourth-order valence-corrected chi connectivity index (χ4v) is 3.78. The number of nitrogens with one attached hydrogen (secondary N) is 1. The van der Waals surface area contributed by atoms with Crippen LogP contribution in [0.1, 0.15) is 19.4 Å². The summed E-state index contributed by atoms with van der Waals surface area (Å²) in [7, 11) is -2.52. The minimum atomic E-state index is -4.60. The van der Waals surface area contributed by atoms with Crippen LogP contribution in [0.5, 0.6) is 11.5 Å². The van der Waals surface area contributed by atoms with E-state index in [1.807, 2.05) is 13.8 Å². The Hall–Kier alpha value is -3.15. The Kier molecular flexibility index (Phi) is 7.20. The Labute approximate surface area is 194 Å². The zero-order valence-electron chi connectivity index (χ0n) is 19.2. The molecule has 0 bridgehead atoms. The average Bonchev–Trinajstić information content (AvgIpc) is 2.69. The number of anilines is 2. The lowest BCUT2D eigenvalue weighted by Gasteiger charge is -2.19. The molecule has 0 amide bonds. The van der Waals surface area contributed by atoms with Crippen LogP contribution in [0.2, 0.25) is 0 Å². The van der Waals surface area contributed by atoms with Gasteiger partial charge in [-0.3, -0.25) is 0 Å². The van der Waals surface area contributed by atoms with E-state index in [1.165, 1.54) is 24.9 Å². The van der Waals surface area contributed by atoms with Crippen molar-refractivity contribution in [2.45, 2.75) is 33.1 Å². The van der Waals surface area contributed by atoms with Gasteiger partial charge in [0, 0.05) is 39.3 Å². The fourth-order valence-electron chi connectivity index (χ4n) is 3.17. The third-order valence-corrected chi connectivity index (χ3v) is 4.99. The molecule has 12 heteroatoms. The van der Waals surface area contributed by atoms with Crippen LogP contribution in [0.4, 0.5) is 34.8 Å². The number of hydrogen-bond acceptors (Lipinski definition) is 7. The van der Waals surface area contributed by atoms with E-state index >= 15 is 0 Å². The maximum atomic E-state index is 13.7. The highest BCUT2D eigenvalue weighted by atomic mass is 32.2. The van der Waals surface area contributed by atoms with Crippen LogP contribution in [-0.2, 0) is 9.73 Å². The Morgan fingerprint density at radius 1 is 1.18 bits per heavy atom. The molecule has 0 radical (unpaired) electrons. The first-order valence-electron chi connectivity index (χ1n) is 10.1. The zero-order chi connectivity index (χ0) is 25.3. The van der Waals surface area contributed by atoms with Crippen molar-refractivity contribution in [3.05, 3.63) is 42.0 Å². The number of benzene rings is 2. The molecule has 0 spiro atoms. The second kappa shape index (κ2) is 9.61. The number of ether oxygens (including phenoxy) is 2. The van der Waals surface area contributed by atoms with Gasteiger partial charge < -0.3 is 14.8 Å². The van der Waals surface area contributed by atoms with Crippen molar-refractivity contribution < 1.29 is 31.2 Å². The van der Waals surface area contributed by atoms with Crippen LogP contribution in [-0.4, -0.2) is 45.6 Å². The van der Waals surface area contributed by atoms with Crippen molar-refractivity contribution >= 4 is 37.8 Å². The maximum Gasteiger partial charge on any atom is 0.422 e. The molecular weight excluding hydrogens is 476 g/mol. The molecule has 7 nitrogen and oxygen atoms in total. The summed E-state index contributed by atoms with van der Waals surface area (Å²) in [6.07, 6.45) is -0.574. The van der Waals surface area contributed by atoms with Gasteiger partial charge in [-0.2, -0.15) is 17.5 Å². The Bertz CT molecular complexity index is 1330. The van der Waals surface area contributed by atoms with Gasteiger partial charge in [0.05, 0.1) is 17.3 Å². The average molecular weight is 501 g/mol. The van der Waals surface area contributed by atoms with Crippen molar-refractivity contribution in [2.75, 3.05) is 24.4 Å². The van der Waals surface area contributed by atoms with E-state index in [4.69, 9.17) is 9.47 Å². The molecular formula is C22H24F4N4O3S. The van der Waals surface area contributed by atoms with E-state index in [0.717, 1.165) is 12.1 Å². The number of aromatic nitrogens is 2. The molecule has 1 aromatic heterocycles. The second-order valence-electron chi connectivity index (χ2n) is 8.07. The molecule has 3 aromatic rings. The largest absolute Gasteiger partial charge is 0.488 e. The molecule has 1 N–H and O–H groups in total. The molecule has 0 unspecified atom stereocenters. The molecule has 0 aliphatic rings. The summed E-state index contributed by atoms with van der Waals surface area (Å²) in [5.41, 5.74) is 1.45. The van der Waals surface area contributed by atoms with Gasteiger partial charge in [-0.1, -0.05) is 0 Å². The Morgan fingerprint density at radius 2 is 1.88 bits per heavy atom. The van der Waals surface area contributed by atoms with Crippen molar-refractivity contribution in [1.82, 2.24) is 9.97 Å². The first-order valence-corrected chi connectivity index (χ1v) is 12.4. The summed E-state index contributed by atoms with van der Waals surface area (Å²) < 4.78 is 79.1. The maximum absolute atomic E-state index is 13.7. The molecule has 0 saturated heterocycles. The highest BCUT2D eigenvalue weighted by Crippen LogP contribution is 2.41. The van der Waals surface area contributed by atoms with Gasteiger partial charge in [0.1, 0.15) is 35.1 Å². The van der Waals surface area contributed by atoms with Crippen molar-refractivity contribution in [1.29, 1.82) is 0 Å². The molecule has 0 atom stereocenters. The normalized spacial score (nSPS) is 12.2. The first kappa shape index (κ1) is 25.5. The van der Waals surface area contributed by atoms with Crippen molar-refractivity contribution in [2.24, 2.45) is 4.36 Å². The minimum absolute atomic E-state index is 0.0790. The number of nitrogens with zero attached hydrogens (tertiary/aromatic N) is 3. The zero-order valence-corrected chi connectivity index (χ0v) is 20.0. The summed E-state index contributed by atoms with van der Waals surface area (Å²) in [6.45, 7) is 3.81. The number of halogens is 4. The number of aryl methyl sites for hydroxylation is 1. The van der Waals surface area contributed by atoms with E-state index < -0.39 is 28.3 Å². The molecule has 0 aliphatic carbocycles. The summed E-state index contributed by atoms with van der Waals surface area (Å²) in [5, 5.41) is 3.42. The van der Waals surface area contributed by atoms with Crippen molar-refractivity contribution in [3.63, 3.8) is 0 Å². The van der Waals surface area contributed by atoms with Crippen LogP contribution in [0.3, 0.4) is 0 Å². The highest BCUT2D eigenvalue weighted by molar-refractivity contribution is 7.92. The van der Waals surface area contributed by atoms with Gasteiger partial charge in [0.25, 0.3) is 0 Å². The third-order valence-electron chi connectivity index (χ3n) is 4.36.